The fourth-order valence-electron chi connectivity index (χ4n) is 2.38. The monoisotopic (exact) mass is 330 g/mol. The third-order valence-corrected chi connectivity index (χ3v) is 3.84. The number of nitrogens with one attached hydrogen (secondary N) is 1. The molecule has 23 heavy (non-hydrogen) atoms. The molecule has 0 aromatic heterocycles. The van der Waals surface area contributed by atoms with Crippen LogP contribution in [-0.4, -0.2) is 25.0 Å². The van der Waals surface area contributed by atoms with Crippen LogP contribution in [0.2, 0.25) is 5.02 Å². The SMILES string of the molecule is Cc1ccc2c(c1)N(CC(=O)Nc1ccccc1Cl)C(=O)CO2. The molecule has 0 saturated heterocycles. The molecule has 2 aromatic carbocycles. The molecule has 6 heteroatoms. The Bertz CT molecular complexity index is 776. The average molecular weight is 331 g/mol. The zero-order valence-corrected chi connectivity index (χ0v) is 13.3. The van der Waals surface area contributed by atoms with Gasteiger partial charge in [0.1, 0.15) is 12.3 Å². The van der Waals surface area contributed by atoms with E-state index in [2.05, 4.69) is 5.32 Å². The molecule has 1 N–H and O–H groups in total. The van der Waals surface area contributed by atoms with E-state index in [0.717, 1.165) is 5.56 Å². The molecular formula is C17H15ClN2O3. The zero-order valence-electron chi connectivity index (χ0n) is 12.5. The number of rotatable bonds is 3. The predicted molar refractivity (Wildman–Crippen MR) is 89.1 cm³/mol. The molecule has 1 heterocycles. The Morgan fingerprint density at radius 1 is 1.30 bits per heavy atom. The summed E-state index contributed by atoms with van der Waals surface area (Å²) in [6, 6.07) is 12.5. The highest BCUT2D eigenvalue weighted by Crippen LogP contribution is 2.32. The zero-order chi connectivity index (χ0) is 16.4. The molecule has 0 spiro atoms. The highest BCUT2D eigenvalue weighted by Gasteiger charge is 2.27. The lowest BCUT2D eigenvalue weighted by Gasteiger charge is -2.29. The molecule has 2 amide bonds. The van der Waals surface area contributed by atoms with Crippen molar-refractivity contribution < 1.29 is 14.3 Å². The Kier molecular flexibility index (Phi) is 4.21. The summed E-state index contributed by atoms with van der Waals surface area (Å²) in [5, 5.41) is 3.17. The van der Waals surface area contributed by atoms with E-state index >= 15 is 0 Å². The number of fused-ring (bicyclic) bond motifs is 1. The first kappa shape index (κ1) is 15.4. The van der Waals surface area contributed by atoms with E-state index in [1.807, 2.05) is 19.1 Å². The Labute approximate surface area is 138 Å². The van der Waals surface area contributed by atoms with Gasteiger partial charge in [-0.3, -0.25) is 14.5 Å². The minimum Gasteiger partial charge on any atom is -0.482 e. The van der Waals surface area contributed by atoms with Crippen LogP contribution in [0.15, 0.2) is 42.5 Å². The number of ether oxygens (including phenoxy) is 1. The van der Waals surface area contributed by atoms with Gasteiger partial charge < -0.3 is 10.1 Å². The summed E-state index contributed by atoms with van der Waals surface area (Å²) in [5.74, 6) is 0.0268. The normalized spacial score (nSPS) is 13.3. The third-order valence-electron chi connectivity index (χ3n) is 3.51. The molecule has 0 aliphatic carbocycles. The molecule has 5 nitrogen and oxygen atoms in total. The Morgan fingerprint density at radius 3 is 2.87 bits per heavy atom. The molecule has 0 radical (unpaired) electrons. The quantitative estimate of drug-likeness (QED) is 0.941. The van der Waals surface area contributed by atoms with Crippen molar-refractivity contribution in [2.45, 2.75) is 6.92 Å². The van der Waals surface area contributed by atoms with Gasteiger partial charge in [0.05, 0.1) is 16.4 Å². The average Bonchev–Trinajstić information content (AvgIpc) is 2.52. The van der Waals surface area contributed by atoms with Crippen molar-refractivity contribution in [1.82, 2.24) is 0 Å². The standard InChI is InChI=1S/C17H15ClN2O3/c1-11-6-7-15-14(8-11)20(17(22)10-23-15)9-16(21)19-13-5-3-2-4-12(13)18/h2-8H,9-10H2,1H3,(H,19,21). The summed E-state index contributed by atoms with van der Waals surface area (Å²) in [4.78, 5) is 25.8. The van der Waals surface area contributed by atoms with Crippen molar-refractivity contribution >= 4 is 34.8 Å². The van der Waals surface area contributed by atoms with E-state index in [0.29, 0.717) is 22.1 Å². The first-order chi connectivity index (χ1) is 11.0. The van der Waals surface area contributed by atoms with Crippen LogP contribution in [0.5, 0.6) is 5.75 Å². The van der Waals surface area contributed by atoms with E-state index in [1.165, 1.54) is 4.90 Å². The fraction of sp³-hybridized carbons (Fsp3) is 0.176. The van der Waals surface area contributed by atoms with Crippen LogP contribution in [0.25, 0.3) is 0 Å². The molecule has 0 fully saturated rings. The van der Waals surface area contributed by atoms with Crippen molar-refractivity contribution in [3.05, 3.63) is 53.1 Å². The van der Waals surface area contributed by atoms with Gasteiger partial charge in [-0.2, -0.15) is 0 Å². The van der Waals surface area contributed by atoms with Gasteiger partial charge in [0.15, 0.2) is 6.61 Å². The minimum absolute atomic E-state index is 0.0740. The van der Waals surface area contributed by atoms with Crippen LogP contribution in [0.4, 0.5) is 11.4 Å². The van der Waals surface area contributed by atoms with Crippen molar-refractivity contribution in [2.75, 3.05) is 23.4 Å². The van der Waals surface area contributed by atoms with Gasteiger partial charge in [-0.25, -0.2) is 0 Å². The van der Waals surface area contributed by atoms with Crippen molar-refractivity contribution in [3.8, 4) is 5.75 Å². The molecule has 3 rings (SSSR count). The number of benzene rings is 2. The summed E-state index contributed by atoms with van der Waals surface area (Å²) < 4.78 is 5.40. The molecule has 1 aliphatic rings. The maximum absolute atomic E-state index is 12.3. The van der Waals surface area contributed by atoms with Gasteiger partial charge in [-0.1, -0.05) is 29.8 Å². The summed E-state index contributed by atoms with van der Waals surface area (Å²) >= 11 is 6.03. The van der Waals surface area contributed by atoms with E-state index in [9.17, 15) is 9.59 Å². The second-order valence-electron chi connectivity index (χ2n) is 5.27. The molecule has 118 valence electrons. The van der Waals surface area contributed by atoms with Gasteiger partial charge in [-0.15, -0.1) is 0 Å². The number of carbonyl (C=O) groups excluding carboxylic acids is 2. The smallest absolute Gasteiger partial charge is 0.265 e. The number of aryl methyl sites for hydroxylation is 1. The topological polar surface area (TPSA) is 58.6 Å². The summed E-state index contributed by atoms with van der Waals surface area (Å²) in [6.45, 7) is 1.75. The van der Waals surface area contributed by atoms with E-state index in [4.69, 9.17) is 16.3 Å². The van der Waals surface area contributed by atoms with Gasteiger partial charge in [0.2, 0.25) is 5.91 Å². The second kappa shape index (κ2) is 6.30. The van der Waals surface area contributed by atoms with E-state index in [-0.39, 0.29) is 25.0 Å². The number of para-hydroxylation sites is 1. The van der Waals surface area contributed by atoms with Crippen molar-refractivity contribution in [1.29, 1.82) is 0 Å². The van der Waals surface area contributed by atoms with Crippen LogP contribution in [-0.2, 0) is 9.59 Å². The summed E-state index contributed by atoms with van der Waals surface area (Å²) in [6.07, 6.45) is 0. The van der Waals surface area contributed by atoms with Crippen molar-refractivity contribution in [3.63, 3.8) is 0 Å². The lowest BCUT2D eigenvalue weighted by molar-refractivity contribution is -0.123. The number of carbonyl (C=O) groups is 2. The molecule has 0 saturated carbocycles. The summed E-state index contributed by atoms with van der Waals surface area (Å²) in [5.41, 5.74) is 2.11. The number of anilines is 2. The molecular weight excluding hydrogens is 316 g/mol. The van der Waals surface area contributed by atoms with E-state index < -0.39 is 0 Å². The van der Waals surface area contributed by atoms with Gasteiger partial charge >= 0.3 is 0 Å². The number of nitrogens with zero attached hydrogens (tertiary/aromatic N) is 1. The molecule has 1 aliphatic heterocycles. The van der Waals surface area contributed by atoms with Crippen molar-refractivity contribution in [2.24, 2.45) is 0 Å². The maximum atomic E-state index is 12.3. The Hall–Kier alpha value is -2.53. The Balaban J connectivity index is 1.80. The van der Waals surface area contributed by atoms with Gasteiger partial charge in [-0.05, 0) is 36.8 Å². The fourth-order valence-corrected chi connectivity index (χ4v) is 2.56. The maximum Gasteiger partial charge on any atom is 0.265 e. The highest BCUT2D eigenvalue weighted by atomic mass is 35.5. The number of hydrogen-bond acceptors (Lipinski definition) is 3. The first-order valence-corrected chi connectivity index (χ1v) is 7.50. The second-order valence-corrected chi connectivity index (χ2v) is 5.67. The van der Waals surface area contributed by atoms with Gasteiger partial charge in [0, 0.05) is 0 Å². The third kappa shape index (κ3) is 3.29. The minimum atomic E-state index is -0.319. The molecule has 0 atom stereocenters. The molecule has 2 aromatic rings. The van der Waals surface area contributed by atoms with Crippen LogP contribution in [0.1, 0.15) is 5.56 Å². The van der Waals surface area contributed by atoms with Crippen LogP contribution < -0.4 is 15.0 Å². The number of halogens is 1. The lowest BCUT2D eigenvalue weighted by Crippen LogP contribution is -2.43. The van der Waals surface area contributed by atoms with Crippen LogP contribution in [0, 0.1) is 6.92 Å². The first-order valence-electron chi connectivity index (χ1n) is 7.13. The van der Waals surface area contributed by atoms with Gasteiger partial charge in [0.25, 0.3) is 5.91 Å². The number of hydrogen-bond donors (Lipinski definition) is 1. The summed E-state index contributed by atoms with van der Waals surface area (Å²) in [7, 11) is 0. The molecule has 0 bridgehead atoms. The number of amides is 2. The Morgan fingerprint density at radius 2 is 2.09 bits per heavy atom. The van der Waals surface area contributed by atoms with Crippen LogP contribution >= 0.6 is 11.6 Å². The van der Waals surface area contributed by atoms with Crippen LogP contribution in [0.3, 0.4) is 0 Å². The highest BCUT2D eigenvalue weighted by molar-refractivity contribution is 6.33. The molecule has 0 unspecified atom stereocenters. The lowest BCUT2D eigenvalue weighted by atomic mass is 10.1. The largest absolute Gasteiger partial charge is 0.482 e. The van der Waals surface area contributed by atoms with E-state index in [1.54, 1.807) is 30.3 Å². The predicted octanol–water partition coefficient (Wildman–Crippen LogP) is 3.01.